The van der Waals surface area contributed by atoms with Gasteiger partial charge in [-0.3, -0.25) is 14.9 Å². The van der Waals surface area contributed by atoms with E-state index < -0.39 is 20.9 Å². The van der Waals surface area contributed by atoms with Crippen molar-refractivity contribution in [2.24, 2.45) is 0 Å². The molecule has 1 aromatic heterocycles. The number of amides is 1. The molecule has 0 aliphatic heterocycles. The smallest absolute Gasteiger partial charge is 0.283 e. The maximum Gasteiger partial charge on any atom is 0.283 e. The second kappa shape index (κ2) is 8.03. The number of hydrogen-bond donors (Lipinski definition) is 1. The first-order valence-corrected chi connectivity index (χ1v) is 10.1. The Labute approximate surface area is 160 Å². The van der Waals surface area contributed by atoms with Gasteiger partial charge in [-0.05, 0) is 32.0 Å². The third-order valence-corrected chi connectivity index (χ3v) is 6.45. The Bertz CT molecular complexity index is 982. The molecule has 0 aliphatic carbocycles. The number of carbonyl (C=O) groups excluding carboxylic acids is 1. The standard InChI is InChI=1S/C16H19N3O6S2/c1-5-25-13-7-6-11(8-15(13)27(23,24)18(3)4)17-16(20)14-9-12(19(21)22)10(2)26-14/h6-9H,5H2,1-4H3,(H,17,20). The molecule has 1 amide bonds. The van der Waals surface area contributed by atoms with E-state index in [0.29, 0.717) is 4.88 Å². The van der Waals surface area contributed by atoms with E-state index in [1.807, 2.05) is 0 Å². The fraction of sp³-hybridized carbons (Fsp3) is 0.312. The van der Waals surface area contributed by atoms with Gasteiger partial charge in [-0.1, -0.05) is 0 Å². The molecule has 1 heterocycles. The van der Waals surface area contributed by atoms with Crippen LogP contribution in [-0.4, -0.2) is 44.3 Å². The number of thiophene rings is 1. The molecule has 0 saturated carbocycles. The number of sulfonamides is 1. The van der Waals surface area contributed by atoms with Gasteiger partial charge in [-0.25, -0.2) is 12.7 Å². The van der Waals surface area contributed by atoms with Gasteiger partial charge in [0.2, 0.25) is 10.0 Å². The summed E-state index contributed by atoms with van der Waals surface area (Å²) in [6.07, 6.45) is 0. The van der Waals surface area contributed by atoms with E-state index in [4.69, 9.17) is 4.74 Å². The second-order valence-corrected chi connectivity index (χ2v) is 9.02. The summed E-state index contributed by atoms with van der Waals surface area (Å²) < 4.78 is 31.5. The maximum absolute atomic E-state index is 12.5. The largest absolute Gasteiger partial charge is 0.492 e. The Kier molecular flexibility index (Phi) is 6.19. The molecule has 11 heteroatoms. The lowest BCUT2D eigenvalue weighted by atomic mass is 10.3. The predicted octanol–water partition coefficient (Wildman–Crippen LogP) is 2.87. The summed E-state index contributed by atoms with van der Waals surface area (Å²) in [5, 5.41) is 13.5. The molecule has 146 valence electrons. The number of carbonyl (C=O) groups is 1. The van der Waals surface area contributed by atoms with Crippen LogP contribution in [0.5, 0.6) is 5.75 Å². The van der Waals surface area contributed by atoms with Crippen LogP contribution < -0.4 is 10.1 Å². The van der Waals surface area contributed by atoms with E-state index in [-0.39, 0.29) is 33.5 Å². The Morgan fingerprint density at radius 1 is 1.33 bits per heavy atom. The summed E-state index contributed by atoms with van der Waals surface area (Å²) >= 11 is 0.991. The number of anilines is 1. The molecule has 0 bridgehead atoms. The molecule has 0 spiro atoms. The number of hydrogen-bond acceptors (Lipinski definition) is 7. The average Bonchev–Trinajstić information content (AvgIpc) is 2.98. The minimum absolute atomic E-state index is 0.0829. The molecule has 0 atom stereocenters. The normalized spacial score (nSPS) is 11.4. The lowest BCUT2D eigenvalue weighted by Crippen LogP contribution is -2.23. The fourth-order valence-electron chi connectivity index (χ4n) is 2.22. The van der Waals surface area contributed by atoms with Crippen molar-refractivity contribution >= 4 is 38.6 Å². The lowest BCUT2D eigenvalue weighted by molar-refractivity contribution is -0.385. The third kappa shape index (κ3) is 4.43. The van der Waals surface area contributed by atoms with Crippen molar-refractivity contribution < 1.29 is 22.9 Å². The molecule has 27 heavy (non-hydrogen) atoms. The predicted molar refractivity (Wildman–Crippen MR) is 102 cm³/mol. The van der Waals surface area contributed by atoms with E-state index in [2.05, 4.69) is 5.32 Å². The summed E-state index contributed by atoms with van der Waals surface area (Å²) in [6.45, 7) is 3.56. The first-order valence-electron chi connectivity index (χ1n) is 7.83. The van der Waals surface area contributed by atoms with E-state index in [1.165, 1.54) is 38.4 Å². The van der Waals surface area contributed by atoms with Crippen LogP contribution in [0.15, 0.2) is 29.2 Å². The SMILES string of the molecule is CCOc1ccc(NC(=O)c2cc([N+](=O)[O-])c(C)s2)cc1S(=O)(=O)N(C)C. The van der Waals surface area contributed by atoms with Crippen LogP contribution in [-0.2, 0) is 10.0 Å². The van der Waals surface area contributed by atoms with Crippen LogP contribution in [0.2, 0.25) is 0 Å². The molecule has 0 aliphatic rings. The van der Waals surface area contributed by atoms with Gasteiger partial charge in [0, 0.05) is 25.8 Å². The molecule has 0 unspecified atom stereocenters. The number of nitrogens with zero attached hydrogens (tertiary/aromatic N) is 2. The second-order valence-electron chi connectivity index (χ2n) is 5.65. The highest BCUT2D eigenvalue weighted by Gasteiger charge is 2.24. The van der Waals surface area contributed by atoms with Crippen molar-refractivity contribution in [3.05, 3.63) is 44.1 Å². The van der Waals surface area contributed by atoms with Crippen molar-refractivity contribution in [1.29, 1.82) is 0 Å². The van der Waals surface area contributed by atoms with Crippen molar-refractivity contribution in [2.45, 2.75) is 18.7 Å². The van der Waals surface area contributed by atoms with Gasteiger partial charge in [-0.15, -0.1) is 11.3 Å². The van der Waals surface area contributed by atoms with Crippen LogP contribution in [0.3, 0.4) is 0 Å². The van der Waals surface area contributed by atoms with E-state index in [0.717, 1.165) is 15.6 Å². The van der Waals surface area contributed by atoms with Gasteiger partial charge < -0.3 is 10.1 Å². The Balaban J connectivity index is 2.38. The van der Waals surface area contributed by atoms with Crippen LogP contribution in [0.1, 0.15) is 21.5 Å². The topological polar surface area (TPSA) is 119 Å². The molecule has 9 nitrogen and oxygen atoms in total. The van der Waals surface area contributed by atoms with Crippen molar-refractivity contribution in [3.8, 4) is 5.75 Å². The molecular weight excluding hydrogens is 394 g/mol. The fourth-order valence-corrected chi connectivity index (χ4v) is 4.15. The van der Waals surface area contributed by atoms with Crippen LogP contribution in [0, 0.1) is 17.0 Å². The molecule has 0 fully saturated rings. The van der Waals surface area contributed by atoms with Gasteiger partial charge in [0.15, 0.2) is 0 Å². The number of rotatable bonds is 7. The number of ether oxygens (including phenoxy) is 1. The number of aryl methyl sites for hydroxylation is 1. The zero-order valence-corrected chi connectivity index (χ0v) is 16.8. The number of benzene rings is 1. The molecule has 2 aromatic rings. The minimum atomic E-state index is -3.80. The molecular formula is C16H19N3O6S2. The van der Waals surface area contributed by atoms with Gasteiger partial charge in [0.25, 0.3) is 11.6 Å². The van der Waals surface area contributed by atoms with Crippen molar-refractivity contribution in [2.75, 3.05) is 26.0 Å². The summed E-state index contributed by atoms with van der Waals surface area (Å²) in [4.78, 5) is 23.3. The highest BCUT2D eigenvalue weighted by atomic mass is 32.2. The molecule has 1 N–H and O–H groups in total. The van der Waals surface area contributed by atoms with Crippen molar-refractivity contribution in [1.82, 2.24) is 4.31 Å². The van der Waals surface area contributed by atoms with E-state index >= 15 is 0 Å². The minimum Gasteiger partial charge on any atom is -0.492 e. The van der Waals surface area contributed by atoms with Gasteiger partial charge >= 0.3 is 0 Å². The molecule has 2 rings (SSSR count). The summed E-state index contributed by atoms with van der Waals surface area (Å²) in [7, 11) is -1.01. The van der Waals surface area contributed by atoms with Crippen LogP contribution >= 0.6 is 11.3 Å². The molecule has 0 radical (unpaired) electrons. The first-order chi connectivity index (χ1) is 12.6. The summed E-state index contributed by atoms with van der Waals surface area (Å²) in [5.41, 5.74) is 0.102. The first kappa shape index (κ1) is 20.8. The highest BCUT2D eigenvalue weighted by Crippen LogP contribution is 2.31. The zero-order chi connectivity index (χ0) is 20.4. The van der Waals surface area contributed by atoms with Gasteiger partial charge in [0.05, 0.1) is 21.3 Å². The Hall–Kier alpha value is -2.50. The Morgan fingerprint density at radius 3 is 2.52 bits per heavy atom. The van der Waals surface area contributed by atoms with Gasteiger partial charge in [0.1, 0.15) is 10.6 Å². The summed E-state index contributed by atoms with van der Waals surface area (Å²) in [6, 6.07) is 5.46. The number of nitrogens with one attached hydrogen (secondary N) is 1. The van der Waals surface area contributed by atoms with E-state index in [9.17, 15) is 23.3 Å². The zero-order valence-electron chi connectivity index (χ0n) is 15.2. The maximum atomic E-state index is 12.5. The van der Waals surface area contributed by atoms with Gasteiger partial charge in [-0.2, -0.15) is 0 Å². The lowest BCUT2D eigenvalue weighted by Gasteiger charge is -2.16. The monoisotopic (exact) mass is 413 g/mol. The van der Waals surface area contributed by atoms with Crippen molar-refractivity contribution in [3.63, 3.8) is 0 Å². The molecule has 1 aromatic carbocycles. The highest BCUT2D eigenvalue weighted by molar-refractivity contribution is 7.89. The quantitative estimate of drug-likeness (QED) is 0.551. The third-order valence-electron chi connectivity index (χ3n) is 3.57. The average molecular weight is 413 g/mol. The Morgan fingerprint density at radius 2 is 2.00 bits per heavy atom. The van der Waals surface area contributed by atoms with E-state index in [1.54, 1.807) is 13.8 Å². The van der Waals surface area contributed by atoms with Crippen LogP contribution in [0.4, 0.5) is 11.4 Å². The molecule has 0 saturated heterocycles. The van der Waals surface area contributed by atoms with Crippen LogP contribution in [0.25, 0.3) is 0 Å². The number of nitro groups is 1. The summed E-state index contributed by atoms with van der Waals surface area (Å²) in [5.74, 6) is -0.389.